The van der Waals surface area contributed by atoms with Gasteiger partial charge in [-0.25, -0.2) is 0 Å². The third kappa shape index (κ3) is 6.03. The molecule has 15 heavy (non-hydrogen) atoms. The monoisotopic (exact) mass is 220 g/mol. The van der Waals surface area contributed by atoms with Gasteiger partial charge in [-0.15, -0.1) is 0 Å². The van der Waals surface area contributed by atoms with Gasteiger partial charge >= 0.3 is 11.9 Å². The minimum absolute atomic E-state index is 0.00988. The number of hydrogen-bond acceptors (Lipinski definition) is 4. The highest BCUT2D eigenvalue weighted by molar-refractivity contribution is 5.71. The molecule has 0 aromatic rings. The molecule has 0 amide bonds. The molecular formula is C9H16O6. The average Bonchev–Trinajstić information content (AvgIpc) is 2.11. The van der Waals surface area contributed by atoms with Gasteiger partial charge in [0.25, 0.3) is 0 Å². The van der Waals surface area contributed by atoms with Crippen LogP contribution in [-0.4, -0.2) is 45.1 Å². The van der Waals surface area contributed by atoms with Crippen molar-refractivity contribution in [3.63, 3.8) is 0 Å². The van der Waals surface area contributed by atoms with Gasteiger partial charge in [0.05, 0.1) is 12.0 Å². The second kappa shape index (κ2) is 7.19. The summed E-state index contributed by atoms with van der Waals surface area (Å²) in [5.74, 6) is -3.16. The van der Waals surface area contributed by atoms with E-state index in [4.69, 9.17) is 15.3 Å². The fraction of sp³-hybridized carbons (Fsp3) is 0.778. The van der Waals surface area contributed by atoms with Gasteiger partial charge in [0.2, 0.25) is 0 Å². The maximum absolute atomic E-state index is 10.7. The molecule has 2 unspecified atom stereocenters. The van der Waals surface area contributed by atoms with Crippen molar-refractivity contribution in [2.45, 2.75) is 31.8 Å². The molecule has 88 valence electrons. The van der Waals surface area contributed by atoms with Crippen LogP contribution in [0.2, 0.25) is 0 Å². The van der Waals surface area contributed by atoms with Gasteiger partial charge in [0, 0.05) is 13.0 Å². The zero-order valence-electron chi connectivity index (χ0n) is 8.30. The van der Waals surface area contributed by atoms with Crippen LogP contribution in [0.15, 0.2) is 0 Å². The molecule has 0 aromatic carbocycles. The molecule has 0 bridgehead atoms. The third-order valence-corrected chi connectivity index (χ3v) is 2.11. The topological polar surface area (TPSA) is 115 Å². The van der Waals surface area contributed by atoms with Crippen LogP contribution in [0.1, 0.15) is 25.7 Å². The zero-order chi connectivity index (χ0) is 11.8. The predicted octanol–water partition coefficient (Wildman–Crippen LogP) is -0.315. The van der Waals surface area contributed by atoms with Crippen LogP contribution >= 0.6 is 0 Å². The van der Waals surface area contributed by atoms with Gasteiger partial charge in [-0.1, -0.05) is 0 Å². The molecule has 2 atom stereocenters. The number of rotatable bonds is 8. The van der Waals surface area contributed by atoms with E-state index >= 15 is 0 Å². The highest BCUT2D eigenvalue weighted by Gasteiger charge is 2.25. The summed E-state index contributed by atoms with van der Waals surface area (Å²) >= 11 is 0. The van der Waals surface area contributed by atoms with Crippen LogP contribution < -0.4 is 0 Å². The molecule has 0 saturated carbocycles. The number of carboxylic acids is 2. The van der Waals surface area contributed by atoms with Crippen molar-refractivity contribution >= 4 is 11.9 Å². The molecule has 0 aliphatic heterocycles. The molecule has 6 heteroatoms. The predicted molar refractivity (Wildman–Crippen MR) is 50.3 cm³/mol. The van der Waals surface area contributed by atoms with Gasteiger partial charge in [-0.3, -0.25) is 9.59 Å². The van der Waals surface area contributed by atoms with Crippen LogP contribution in [0, 0.1) is 5.92 Å². The molecule has 0 aromatic heterocycles. The molecule has 0 heterocycles. The molecule has 0 radical (unpaired) electrons. The third-order valence-electron chi connectivity index (χ3n) is 2.11. The highest BCUT2D eigenvalue weighted by Crippen LogP contribution is 2.16. The molecule has 0 spiro atoms. The lowest BCUT2D eigenvalue weighted by Gasteiger charge is -2.17. The summed E-state index contributed by atoms with van der Waals surface area (Å²) in [6.45, 7) is -0.288. The van der Waals surface area contributed by atoms with E-state index in [0.717, 1.165) is 0 Å². The summed E-state index contributed by atoms with van der Waals surface area (Å²) in [7, 11) is 0. The first-order valence-electron chi connectivity index (χ1n) is 4.72. The maximum atomic E-state index is 10.7. The molecular weight excluding hydrogens is 204 g/mol. The largest absolute Gasteiger partial charge is 0.481 e. The Morgan fingerprint density at radius 2 is 1.73 bits per heavy atom. The van der Waals surface area contributed by atoms with E-state index in [9.17, 15) is 14.7 Å². The Balaban J connectivity index is 4.04. The van der Waals surface area contributed by atoms with Crippen molar-refractivity contribution in [2.75, 3.05) is 6.61 Å². The lowest BCUT2D eigenvalue weighted by atomic mass is 9.94. The lowest BCUT2D eigenvalue weighted by Crippen LogP contribution is -2.29. The fourth-order valence-electron chi connectivity index (χ4n) is 1.29. The normalized spacial score (nSPS) is 14.5. The van der Waals surface area contributed by atoms with E-state index in [2.05, 4.69) is 0 Å². The van der Waals surface area contributed by atoms with Gasteiger partial charge in [0.15, 0.2) is 0 Å². The van der Waals surface area contributed by atoms with E-state index in [-0.39, 0.29) is 32.3 Å². The van der Waals surface area contributed by atoms with Crippen LogP contribution in [0.4, 0.5) is 0 Å². The number of aliphatic carboxylic acids is 2. The van der Waals surface area contributed by atoms with E-state index in [1.54, 1.807) is 0 Å². The molecule has 0 saturated heterocycles. The molecule has 0 aliphatic rings. The van der Waals surface area contributed by atoms with Gasteiger partial charge < -0.3 is 20.4 Å². The second-order valence-electron chi connectivity index (χ2n) is 3.31. The summed E-state index contributed by atoms with van der Waals surface area (Å²) in [5.41, 5.74) is 0. The lowest BCUT2D eigenvalue weighted by molar-refractivity contribution is -0.147. The summed E-state index contributed by atoms with van der Waals surface area (Å²) in [6, 6.07) is 0. The second-order valence-corrected chi connectivity index (χ2v) is 3.31. The van der Waals surface area contributed by atoms with Crippen molar-refractivity contribution in [1.82, 2.24) is 0 Å². The number of aliphatic hydroxyl groups is 2. The summed E-state index contributed by atoms with van der Waals surface area (Å²) < 4.78 is 0. The minimum Gasteiger partial charge on any atom is -0.481 e. The molecule has 0 aliphatic carbocycles. The number of carbonyl (C=O) groups is 2. The number of hydrogen-bond donors (Lipinski definition) is 4. The van der Waals surface area contributed by atoms with Crippen LogP contribution in [0.3, 0.4) is 0 Å². The van der Waals surface area contributed by atoms with Crippen molar-refractivity contribution in [2.24, 2.45) is 5.92 Å². The fourth-order valence-corrected chi connectivity index (χ4v) is 1.29. The van der Waals surface area contributed by atoms with Crippen molar-refractivity contribution in [3.8, 4) is 0 Å². The molecule has 0 fully saturated rings. The Bertz CT molecular complexity index is 215. The Morgan fingerprint density at radius 3 is 2.13 bits per heavy atom. The molecule has 0 rings (SSSR count). The first kappa shape index (κ1) is 13.9. The quantitative estimate of drug-likeness (QED) is 0.446. The van der Waals surface area contributed by atoms with Crippen molar-refractivity contribution in [3.05, 3.63) is 0 Å². The van der Waals surface area contributed by atoms with Crippen molar-refractivity contribution < 1.29 is 30.0 Å². The summed E-state index contributed by atoms with van der Waals surface area (Å²) in [5, 5.41) is 35.0. The summed E-state index contributed by atoms with van der Waals surface area (Å²) in [6.07, 6.45) is -0.946. The van der Waals surface area contributed by atoms with E-state index in [1.165, 1.54) is 0 Å². The highest BCUT2D eigenvalue weighted by atomic mass is 16.4. The summed E-state index contributed by atoms with van der Waals surface area (Å²) in [4.78, 5) is 20.9. The van der Waals surface area contributed by atoms with Gasteiger partial charge in [-0.05, 0) is 19.3 Å². The Kier molecular flexibility index (Phi) is 6.64. The Morgan fingerprint density at radius 1 is 1.13 bits per heavy atom. The smallest absolute Gasteiger partial charge is 0.309 e. The number of carboxylic acid groups (broad SMARTS) is 2. The van der Waals surface area contributed by atoms with Crippen LogP contribution in [-0.2, 0) is 9.59 Å². The van der Waals surface area contributed by atoms with Crippen molar-refractivity contribution in [1.29, 1.82) is 0 Å². The zero-order valence-corrected chi connectivity index (χ0v) is 8.30. The first-order valence-corrected chi connectivity index (χ1v) is 4.72. The van der Waals surface area contributed by atoms with Crippen LogP contribution in [0.5, 0.6) is 0 Å². The van der Waals surface area contributed by atoms with E-state index in [0.29, 0.717) is 0 Å². The number of aliphatic hydroxyl groups excluding tert-OH is 2. The first-order chi connectivity index (χ1) is 6.99. The maximum Gasteiger partial charge on any atom is 0.309 e. The molecule has 6 nitrogen and oxygen atoms in total. The average molecular weight is 220 g/mol. The SMILES string of the molecule is O=C(O)CCCC(C(=O)O)C(O)CCO. The van der Waals surface area contributed by atoms with Gasteiger partial charge in [-0.2, -0.15) is 0 Å². The van der Waals surface area contributed by atoms with Crippen LogP contribution in [0.25, 0.3) is 0 Å². The Hall–Kier alpha value is -1.14. The minimum atomic E-state index is -1.17. The molecule has 4 N–H and O–H groups in total. The Labute approximate surface area is 87.2 Å². The van der Waals surface area contributed by atoms with E-state index < -0.39 is 24.0 Å². The standard InChI is InChI=1S/C9H16O6/c10-5-4-7(11)6(9(14)15)2-1-3-8(12)13/h6-7,10-11H,1-5H2,(H,12,13)(H,14,15). The van der Waals surface area contributed by atoms with Gasteiger partial charge in [0.1, 0.15) is 0 Å². The van der Waals surface area contributed by atoms with E-state index in [1.807, 2.05) is 0 Å².